The molecular weight excluding hydrogens is 254 g/mol. The number of nitrogens with zero attached hydrogens (tertiary/aromatic N) is 2. The largest absolute Gasteiger partial charge is 0.370 e. The number of pyridine rings is 1. The normalized spacial score (nSPS) is 12.7. The second kappa shape index (κ2) is 9.21. The van der Waals surface area contributed by atoms with Crippen molar-refractivity contribution < 1.29 is 0 Å². The summed E-state index contributed by atoms with van der Waals surface area (Å²) >= 11 is 1.91. The van der Waals surface area contributed by atoms with Gasteiger partial charge >= 0.3 is 0 Å². The van der Waals surface area contributed by atoms with Crippen molar-refractivity contribution in [3.8, 4) is 0 Å². The summed E-state index contributed by atoms with van der Waals surface area (Å²) in [6, 6.07) is 6.87. The molecule has 0 aliphatic rings. The maximum Gasteiger partial charge on any atom is 0.126 e. The van der Waals surface area contributed by atoms with Crippen molar-refractivity contribution >= 4 is 17.6 Å². The Morgan fingerprint density at radius 1 is 1.37 bits per heavy atom. The zero-order valence-electron chi connectivity index (χ0n) is 12.6. The quantitative estimate of drug-likeness (QED) is 0.750. The molecule has 0 aromatic carbocycles. The van der Waals surface area contributed by atoms with Crippen molar-refractivity contribution in [2.45, 2.75) is 39.3 Å². The summed E-state index contributed by atoms with van der Waals surface area (Å²) < 4.78 is 0. The van der Waals surface area contributed by atoms with Crippen LogP contribution in [0.4, 0.5) is 5.82 Å². The van der Waals surface area contributed by atoms with Gasteiger partial charge in [0.2, 0.25) is 0 Å². The van der Waals surface area contributed by atoms with Crippen LogP contribution >= 0.6 is 11.8 Å². The highest BCUT2D eigenvalue weighted by molar-refractivity contribution is 7.98. The number of aromatic nitrogens is 1. The van der Waals surface area contributed by atoms with E-state index in [0.717, 1.165) is 31.0 Å². The molecule has 0 saturated carbocycles. The fourth-order valence-corrected chi connectivity index (χ4v) is 2.93. The second-order valence-electron chi connectivity index (χ2n) is 4.87. The summed E-state index contributed by atoms with van der Waals surface area (Å²) in [6.07, 6.45) is 4.48. The van der Waals surface area contributed by atoms with Gasteiger partial charge in [0.1, 0.15) is 5.82 Å². The van der Waals surface area contributed by atoms with Crippen molar-refractivity contribution in [1.82, 2.24) is 9.88 Å². The van der Waals surface area contributed by atoms with E-state index >= 15 is 0 Å². The lowest BCUT2D eigenvalue weighted by Crippen LogP contribution is -2.33. The molecule has 0 aliphatic heterocycles. The number of rotatable bonds is 9. The maximum atomic E-state index is 4.67. The molecule has 0 spiro atoms. The average Bonchev–Trinajstić information content (AvgIpc) is 2.42. The molecule has 1 aromatic rings. The molecule has 0 saturated heterocycles. The van der Waals surface area contributed by atoms with Crippen LogP contribution in [0.1, 0.15) is 32.4 Å². The number of thioether (sulfide) groups is 1. The molecule has 1 heterocycles. The van der Waals surface area contributed by atoms with Gasteiger partial charge in [0.15, 0.2) is 0 Å². The van der Waals surface area contributed by atoms with Gasteiger partial charge in [0.05, 0.1) is 5.69 Å². The van der Waals surface area contributed by atoms with Gasteiger partial charge in [0, 0.05) is 24.9 Å². The lowest BCUT2D eigenvalue weighted by atomic mass is 10.2. The Hall–Kier alpha value is -0.740. The molecule has 1 unspecified atom stereocenters. The van der Waals surface area contributed by atoms with Gasteiger partial charge in [-0.25, -0.2) is 4.98 Å². The second-order valence-corrected chi connectivity index (χ2v) is 5.78. The van der Waals surface area contributed by atoms with Gasteiger partial charge in [0.25, 0.3) is 0 Å². The first kappa shape index (κ1) is 16.3. The predicted molar refractivity (Wildman–Crippen MR) is 86.9 cm³/mol. The predicted octanol–water partition coefficient (Wildman–Crippen LogP) is 3.48. The zero-order valence-corrected chi connectivity index (χ0v) is 13.5. The van der Waals surface area contributed by atoms with Crippen molar-refractivity contribution in [3.63, 3.8) is 0 Å². The molecule has 1 rings (SSSR count). The van der Waals surface area contributed by atoms with E-state index < -0.39 is 0 Å². The van der Waals surface area contributed by atoms with E-state index in [1.165, 1.54) is 12.2 Å². The van der Waals surface area contributed by atoms with E-state index in [1.807, 2.05) is 17.8 Å². The minimum atomic E-state index is 0.629. The smallest absolute Gasteiger partial charge is 0.126 e. The fourth-order valence-electron chi connectivity index (χ4n) is 2.05. The molecular formula is C15H27N3S. The molecule has 0 aliphatic carbocycles. The van der Waals surface area contributed by atoms with E-state index in [0.29, 0.717) is 6.04 Å². The van der Waals surface area contributed by atoms with E-state index in [1.54, 1.807) is 0 Å². The molecule has 108 valence electrons. The lowest BCUT2D eigenvalue weighted by molar-refractivity contribution is 0.245. The molecule has 0 fully saturated rings. The van der Waals surface area contributed by atoms with Crippen LogP contribution in [0, 0.1) is 0 Å². The van der Waals surface area contributed by atoms with Gasteiger partial charge in [-0.1, -0.05) is 19.9 Å². The molecule has 0 radical (unpaired) electrons. The standard InChI is InChI=1S/C15H27N3S/c1-5-10-16-15-9-7-8-13(17-15)11-18(3)14(6-2)12-19-4/h7-9,14H,5-6,10-12H2,1-4H3,(H,16,17). The number of anilines is 1. The summed E-state index contributed by atoms with van der Waals surface area (Å²) in [7, 11) is 2.19. The SMILES string of the molecule is CCCNc1cccc(CN(C)C(CC)CSC)n1. The average molecular weight is 281 g/mol. The third-order valence-electron chi connectivity index (χ3n) is 3.23. The Bertz CT molecular complexity index is 357. The molecule has 4 heteroatoms. The lowest BCUT2D eigenvalue weighted by Gasteiger charge is -2.26. The summed E-state index contributed by atoms with van der Waals surface area (Å²) in [5.41, 5.74) is 1.14. The van der Waals surface area contributed by atoms with E-state index in [4.69, 9.17) is 0 Å². The molecule has 19 heavy (non-hydrogen) atoms. The highest BCUT2D eigenvalue weighted by Gasteiger charge is 2.12. The van der Waals surface area contributed by atoms with E-state index in [-0.39, 0.29) is 0 Å². The van der Waals surface area contributed by atoms with Crippen molar-refractivity contribution in [2.24, 2.45) is 0 Å². The van der Waals surface area contributed by atoms with Gasteiger partial charge in [-0.2, -0.15) is 11.8 Å². The van der Waals surface area contributed by atoms with Crippen molar-refractivity contribution in [1.29, 1.82) is 0 Å². The molecule has 1 atom stereocenters. The Labute approximate surface area is 122 Å². The van der Waals surface area contributed by atoms with Crippen LogP contribution < -0.4 is 5.32 Å². The highest BCUT2D eigenvalue weighted by Crippen LogP contribution is 2.13. The van der Waals surface area contributed by atoms with Crippen LogP contribution in [0.15, 0.2) is 18.2 Å². The number of nitrogens with one attached hydrogen (secondary N) is 1. The third-order valence-corrected chi connectivity index (χ3v) is 3.95. The zero-order chi connectivity index (χ0) is 14.1. The van der Waals surface area contributed by atoms with Gasteiger partial charge < -0.3 is 5.32 Å². The van der Waals surface area contributed by atoms with E-state index in [9.17, 15) is 0 Å². The van der Waals surface area contributed by atoms with Gasteiger partial charge in [-0.05, 0) is 38.3 Å². The molecule has 3 nitrogen and oxygen atoms in total. The number of hydrogen-bond acceptors (Lipinski definition) is 4. The van der Waals surface area contributed by atoms with Crippen LogP contribution in [0.25, 0.3) is 0 Å². The minimum Gasteiger partial charge on any atom is -0.370 e. The van der Waals surface area contributed by atoms with Crippen molar-refractivity contribution in [2.75, 3.05) is 30.9 Å². The fraction of sp³-hybridized carbons (Fsp3) is 0.667. The first-order valence-corrected chi connectivity index (χ1v) is 8.49. The first-order valence-electron chi connectivity index (χ1n) is 7.10. The Morgan fingerprint density at radius 2 is 2.16 bits per heavy atom. The minimum absolute atomic E-state index is 0.629. The highest BCUT2D eigenvalue weighted by atomic mass is 32.2. The van der Waals surface area contributed by atoms with Crippen LogP contribution in [0.2, 0.25) is 0 Å². The summed E-state index contributed by atoms with van der Waals surface area (Å²) in [5, 5.41) is 3.34. The van der Waals surface area contributed by atoms with Crippen LogP contribution in [0.3, 0.4) is 0 Å². The molecule has 1 aromatic heterocycles. The monoisotopic (exact) mass is 281 g/mol. The van der Waals surface area contributed by atoms with Gasteiger partial charge in [-0.15, -0.1) is 0 Å². The van der Waals surface area contributed by atoms with Crippen LogP contribution in [-0.4, -0.2) is 41.5 Å². The van der Waals surface area contributed by atoms with Crippen LogP contribution in [0.5, 0.6) is 0 Å². The summed E-state index contributed by atoms with van der Waals surface area (Å²) in [5.74, 6) is 2.17. The Kier molecular flexibility index (Phi) is 7.91. The van der Waals surface area contributed by atoms with Gasteiger partial charge in [-0.3, -0.25) is 4.90 Å². The summed E-state index contributed by atoms with van der Waals surface area (Å²) in [4.78, 5) is 7.07. The maximum absolute atomic E-state index is 4.67. The molecule has 0 amide bonds. The number of hydrogen-bond donors (Lipinski definition) is 1. The van der Waals surface area contributed by atoms with E-state index in [2.05, 4.69) is 54.5 Å². The third kappa shape index (κ3) is 5.83. The molecule has 1 N–H and O–H groups in total. The van der Waals surface area contributed by atoms with Crippen LogP contribution in [-0.2, 0) is 6.54 Å². The Balaban J connectivity index is 2.59. The first-order chi connectivity index (χ1) is 9.21. The molecule has 0 bridgehead atoms. The topological polar surface area (TPSA) is 28.2 Å². The van der Waals surface area contributed by atoms with Crippen molar-refractivity contribution in [3.05, 3.63) is 23.9 Å². The summed E-state index contributed by atoms with van der Waals surface area (Å²) in [6.45, 7) is 6.32. The Morgan fingerprint density at radius 3 is 2.79 bits per heavy atom.